The van der Waals surface area contributed by atoms with Crippen LogP contribution < -0.4 is 0 Å². The number of rotatable bonds is 5. The molecule has 0 spiro atoms. The van der Waals surface area contributed by atoms with Gasteiger partial charge in [0.1, 0.15) is 0 Å². The Hall–Kier alpha value is -1.74. The molecule has 0 heterocycles. The molecule has 0 aliphatic heterocycles. The molecule has 144 valence electrons. The number of alkyl halides is 6. The van der Waals surface area contributed by atoms with Crippen LogP contribution in [0.25, 0.3) is 0 Å². The standard InChI is InChI=1S/C15H18F6O4/c1-8(2)12(23)24-11(10-6-4-5-7-10)13(14(16,17)18,15(19,20)21)25-9(3)22/h10-11H,1,4-7H2,2-3H3. The van der Waals surface area contributed by atoms with Crippen molar-refractivity contribution in [2.24, 2.45) is 5.92 Å². The molecule has 1 aliphatic carbocycles. The summed E-state index contributed by atoms with van der Waals surface area (Å²) in [4.78, 5) is 22.8. The Morgan fingerprint density at radius 2 is 1.44 bits per heavy atom. The summed E-state index contributed by atoms with van der Waals surface area (Å²) in [7, 11) is 0. The van der Waals surface area contributed by atoms with E-state index in [1.807, 2.05) is 0 Å². The van der Waals surface area contributed by atoms with Gasteiger partial charge in [-0.25, -0.2) is 4.79 Å². The molecule has 1 atom stereocenters. The number of carbonyl (C=O) groups is 2. The minimum absolute atomic E-state index is 0.0245. The van der Waals surface area contributed by atoms with E-state index in [2.05, 4.69) is 16.1 Å². The summed E-state index contributed by atoms with van der Waals surface area (Å²) in [5.74, 6) is -4.46. The zero-order chi connectivity index (χ0) is 19.6. The average Bonchev–Trinajstić information content (AvgIpc) is 2.92. The second-order valence-electron chi connectivity index (χ2n) is 5.98. The first-order valence-electron chi connectivity index (χ1n) is 7.43. The first kappa shape index (κ1) is 21.3. The van der Waals surface area contributed by atoms with E-state index in [1.54, 1.807) is 0 Å². The Morgan fingerprint density at radius 1 is 1.00 bits per heavy atom. The second-order valence-corrected chi connectivity index (χ2v) is 5.98. The predicted octanol–water partition coefficient (Wildman–Crippen LogP) is 4.09. The van der Waals surface area contributed by atoms with Gasteiger partial charge >= 0.3 is 29.9 Å². The van der Waals surface area contributed by atoms with E-state index in [-0.39, 0.29) is 18.4 Å². The second kappa shape index (κ2) is 7.25. The summed E-state index contributed by atoms with van der Waals surface area (Å²) in [6.07, 6.45) is -14.1. The lowest BCUT2D eigenvalue weighted by atomic mass is 9.83. The lowest BCUT2D eigenvalue weighted by Crippen LogP contribution is -2.68. The maximum Gasteiger partial charge on any atom is 0.441 e. The van der Waals surface area contributed by atoms with Gasteiger partial charge in [0.05, 0.1) is 0 Å². The molecule has 1 aliphatic rings. The van der Waals surface area contributed by atoms with Crippen molar-refractivity contribution in [3.8, 4) is 0 Å². The maximum atomic E-state index is 13.6. The summed E-state index contributed by atoms with van der Waals surface area (Å²) in [6, 6.07) is 0. The average molecular weight is 376 g/mol. The molecule has 25 heavy (non-hydrogen) atoms. The topological polar surface area (TPSA) is 52.6 Å². The van der Waals surface area contributed by atoms with Crippen LogP contribution >= 0.6 is 0 Å². The van der Waals surface area contributed by atoms with Gasteiger partial charge < -0.3 is 9.47 Å². The molecule has 0 radical (unpaired) electrons. The fourth-order valence-electron chi connectivity index (χ4n) is 2.87. The third kappa shape index (κ3) is 4.27. The van der Waals surface area contributed by atoms with Crippen LogP contribution in [0, 0.1) is 5.92 Å². The highest BCUT2D eigenvalue weighted by Crippen LogP contribution is 2.52. The van der Waals surface area contributed by atoms with E-state index >= 15 is 0 Å². The van der Waals surface area contributed by atoms with Gasteiger partial charge in [-0.3, -0.25) is 4.79 Å². The van der Waals surface area contributed by atoms with Crippen molar-refractivity contribution in [2.45, 2.75) is 63.6 Å². The Balaban J connectivity index is 3.57. The molecule has 0 aromatic carbocycles. The number of hydrogen-bond donors (Lipinski definition) is 0. The van der Waals surface area contributed by atoms with Gasteiger partial charge in [-0.1, -0.05) is 19.4 Å². The lowest BCUT2D eigenvalue weighted by Gasteiger charge is -2.43. The molecular formula is C15H18F6O4. The minimum Gasteiger partial charge on any atom is -0.454 e. The molecule has 1 unspecified atom stereocenters. The van der Waals surface area contributed by atoms with Gasteiger partial charge in [-0.15, -0.1) is 0 Å². The van der Waals surface area contributed by atoms with Crippen molar-refractivity contribution >= 4 is 11.9 Å². The molecule has 1 saturated carbocycles. The molecule has 0 saturated heterocycles. The van der Waals surface area contributed by atoms with Gasteiger partial charge in [0.15, 0.2) is 6.10 Å². The van der Waals surface area contributed by atoms with Gasteiger partial charge in [0, 0.05) is 18.4 Å². The normalized spacial score (nSPS) is 17.9. The highest BCUT2D eigenvalue weighted by atomic mass is 19.4. The van der Waals surface area contributed by atoms with Crippen LogP contribution in [0.3, 0.4) is 0 Å². The lowest BCUT2D eigenvalue weighted by molar-refractivity contribution is -0.396. The van der Waals surface area contributed by atoms with Crippen LogP contribution in [-0.4, -0.2) is 36.0 Å². The Morgan fingerprint density at radius 3 is 1.76 bits per heavy atom. The molecular weight excluding hydrogens is 358 g/mol. The number of hydrogen-bond acceptors (Lipinski definition) is 4. The monoisotopic (exact) mass is 376 g/mol. The van der Waals surface area contributed by atoms with Crippen LogP contribution in [0.15, 0.2) is 12.2 Å². The molecule has 0 N–H and O–H groups in total. The van der Waals surface area contributed by atoms with Crippen LogP contribution in [0.4, 0.5) is 26.3 Å². The van der Waals surface area contributed by atoms with E-state index in [9.17, 15) is 35.9 Å². The fraction of sp³-hybridized carbons (Fsp3) is 0.733. The summed E-state index contributed by atoms with van der Waals surface area (Å²) in [5, 5.41) is 0. The molecule has 10 heteroatoms. The van der Waals surface area contributed by atoms with Crippen molar-refractivity contribution in [1.82, 2.24) is 0 Å². The number of ether oxygens (including phenoxy) is 2. The van der Waals surface area contributed by atoms with Crippen molar-refractivity contribution in [2.75, 3.05) is 0 Å². The smallest absolute Gasteiger partial charge is 0.441 e. The quantitative estimate of drug-likeness (QED) is 0.412. The highest BCUT2D eigenvalue weighted by Gasteiger charge is 2.80. The maximum absolute atomic E-state index is 13.6. The molecule has 1 fully saturated rings. The third-order valence-corrected chi connectivity index (χ3v) is 3.96. The summed E-state index contributed by atoms with van der Waals surface area (Å²) in [5.41, 5.74) is -5.31. The molecule has 0 bridgehead atoms. The molecule has 0 amide bonds. The van der Waals surface area contributed by atoms with E-state index in [1.165, 1.54) is 0 Å². The molecule has 0 aromatic rings. The van der Waals surface area contributed by atoms with Crippen LogP contribution in [0.2, 0.25) is 0 Å². The molecule has 0 aromatic heterocycles. The number of halogens is 6. The van der Waals surface area contributed by atoms with Crippen molar-refractivity contribution in [3.63, 3.8) is 0 Å². The van der Waals surface area contributed by atoms with Gasteiger partial charge in [0.25, 0.3) is 0 Å². The van der Waals surface area contributed by atoms with E-state index in [0.29, 0.717) is 19.8 Å². The van der Waals surface area contributed by atoms with E-state index < -0.39 is 41.9 Å². The van der Waals surface area contributed by atoms with E-state index in [0.717, 1.165) is 6.92 Å². The summed E-state index contributed by atoms with van der Waals surface area (Å²) < 4.78 is 89.8. The summed E-state index contributed by atoms with van der Waals surface area (Å²) >= 11 is 0. The van der Waals surface area contributed by atoms with E-state index in [4.69, 9.17) is 0 Å². The third-order valence-electron chi connectivity index (χ3n) is 3.96. The number of esters is 2. The SMILES string of the molecule is C=C(C)C(=O)OC(C1CCCC1)C(OC(C)=O)(C(F)(F)F)C(F)(F)F. The predicted molar refractivity (Wildman–Crippen MR) is 73.3 cm³/mol. The molecule has 4 nitrogen and oxygen atoms in total. The largest absolute Gasteiger partial charge is 0.454 e. The van der Waals surface area contributed by atoms with Crippen LogP contribution in [-0.2, 0) is 19.1 Å². The molecule has 1 rings (SSSR count). The number of carbonyl (C=O) groups excluding carboxylic acids is 2. The zero-order valence-corrected chi connectivity index (χ0v) is 13.6. The first-order chi connectivity index (χ1) is 11.2. The zero-order valence-electron chi connectivity index (χ0n) is 13.6. The van der Waals surface area contributed by atoms with Gasteiger partial charge in [0.2, 0.25) is 0 Å². The highest BCUT2D eigenvalue weighted by molar-refractivity contribution is 5.87. The first-order valence-corrected chi connectivity index (χ1v) is 7.43. The van der Waals surface area contributed by atoms with Gasteiger partial charge in [-0.05, 0) is 19.8 Å². The van der Waals surface area contributed by atoms with Gasteiger partial charge in [-0.2, -0.15) is 26.3 Å². The van der Waals surface area contributed by atoms with Crippen LogP contribution in [0.5, 0.6) is 0 Å². The van der Waals surface area contributed by atoms with Crippen molar-refractivity contribution < 1.29 is 45.4 Å². The van der Waals surface area contributed by atoms with Crippen molar-refractivity contribution in [1.29, 1.82) is 0 Å². The van der Waals surface area contributed by atoms with Crippen molar-refractivity contribution in [3.05, 3.63) is 12.2 Å². The van der Waals surface area contributed by atoms with Crippen LogP contribution in [0.1, 0.15) is 39.5 Å². The fourth-order valence-corrected chi connectivity index (χ4v) is 2.87. The minimum atomic E-state index is -6.04. The Bertz CT molecular complexity index is 517. The Labute approximate surface area is 140 Å². The summed E-state index contributed by atoms with van der Waals surface area (Å²) in [6.45, 7) is 4.67. The Kier molecular flexibility index (Phi) is 6.18.